The number of hydrogen-bond acceptors (Lipinski definition) is 7. The molecule has 3 aromatic rings. The first kappa shape index (κ1) is 25.0. The zero-order valence-corrected chi connectivity index (χ0v) is 19.0. The summed E-state index contributed by atoms with van der Waals surface area (Å²) in [5, 5.41) is 3.35. The van der Waals surface area contributed by atoms with Crippen molar-refractivity contribution in [2.24, 2.45) is 0 Å². The van der Waals surface area contributed by atoms with Crippen LogP contribution in [0.15, 0.2) is 59.0 Å². The molecule has 3 rings (SSSR count). The van der Waals surface area contributed by atoms with Gasteiger partial charge in [0.05, 0.1) is 39.0 Å². The van der Waals surface area contributed by atoms with E-state index in [-0.39, 0.29) is 23.5 Å². The highest BCUT2D eigenvalue weighted by Crippen LogP contribution is 2.26. The van der Waals surface area contributed by atoms with E-state index in [1.807, 2.05) is 30.3 Å². The number of hydrogen-bond donors (Lipinski definition) is 1. The normalized spacial score (nSPS) is 10.2. The number of furan rings is 1. The van der Waals surface area contributed by atoms with Crippen molar-refractivity contribution >= 4 is 24.3 Å². The van der Waals surface area contributed by atoms with Gasteiger partial charge in [0.25, 0.3) is 0 Å². The summed E-state index contributed by atoms with van der Waals surface area (Å²) in [6.45, 7) is 1.34. The molecule has 0 saturated heterocycles. The maximum absolute atomic E-state index is 12.0. The topological polar surface area (TPSA) is 87.0 Å². The van der Waals surface area contributed by atoms with Crippen LogP contribution in [-0.2, 0) is 22.4 Å². The van der Waals surface area contributed by atoms with E-state index in [0.29, 0.717) is 17.9 Å². The zero-order valence-electron chi connectivity index (χ0n) is 18.2. The lowest BCUT2D eigenvalue weighted by Gasteiger charge is -2.07. The van der Waals surface area contributed by atoms with Crippen LogP contribution in [0.5, 0.6) is 5.75 Å². The van der Waals surface area contributed by atoms with Crippen LogP contribution in [0.4, 0.5) is 0 Å². The van der Waals surface area contributed by atoms with E-state index in [4.69, 9.17) is 18.6 Å². The van der Waals surface area contributed by atoms with Crippen LogP contribution in [0.25, 0.3) is 11.3 Å². The largest absolute Gasteiger partial charge is 0.497 e. The predicted molar refractivity (Wildman–Crippen MR) is 122 cm³/mol. The highest BCUT2D eigenvalue weighted by Gasteiger charge is 2.16. The Morgan fingerprint density at radius 2 is 1.50 bits per heavy atom. The van der Waals surface area contributed by atoms with Crippen molar-refractivity contribution in [1.82, 2.24) is 5.32 Å². The molecule has 0 saturated carbocycles. The molecule has 0 aliphatic carbocycles. The number of esters is 2. The summed E-state index contributed by atoms with van der Waals surface area (Å²) in [5.74, 6) is 1.04. The Bertz CT molecular complexity index is 1010. The molecule has 1 N–H and O–H groups in total. The van der Waals surface area contributed by atoms with Crippen molar-refractivity contribution in [1.29, 1.82) is 0 Å². The van der Waals surface area contributed by atoms with E-state index in [2.05, 4.69) is 5.32 Å². The Kier molecular flexibility index (Phi) is 9.31. The number of ether oxygens (including phenoxy) is 3. The Labute approximate surface area is 193 Å². The molecule has 32 heavy (non-hydrogen) atoms. The molecule has 170 valence electrons. The first-order valence-electron chi connectivity index (χ1n) is 9.78. The van der Waals surface area contributed by atoms with Crippen LogP contribution in [-0.4, -0.2) is 39.8 Å². The summed E-state index contributed by atoms with van der Waals surface area (Å²) in [6.07, 6.45) is 0.876. The van der Waals surface area contributed by atoms with E-state index in [0.717, 1.165) is 24.5 Å². The van der Waals surface area contributed by atoms with E-state index in [9.17, 15) is 9.59 Å². The van der Waals surface area contributed by atoms with Gasteiger partial charge < -0.3 is 23.9 Å². The van der Waals surface area contributed by atoms with Crippen LogP contribution in [0.1, 0.15) is 32.0 Å². The van der Waals surface area contributed by atoms with Gasteiger partial charge in [-0.1, -0.05) is 12.1 Å². The number of rotatable bonds is 9. The van der Waals surface area contributed by atoms with Crippen LogP contribution in [0.3, 0.4) is 0 Å². The monoisotopic (exact) mass is 459 g/mol. The molecule has 0 atom stereocenters. The van der Waals surface area contributed by atoms with Crippen molar-refractivity contribution in [2.45, 2.75) is 13.0 Å². The van der Waals surface area contributed by atoms with Crippen LogP contribution < -0.4 is 10.1 Å². The molecule has 0 radical (unpaired) electrons. The SMILES string of the molecule is COC(=O)c1cc(C(=O)OC)cc(-c2ccc(CNCCc3ccc(OC)cc3)o2)c1.Cl. The molecule has 1 heterocycles. The van der Waals surface area contributed by atoms with Gasteiger partial charge in [-0.25, -0.2) is 9.59 Å². The number of carbonyl (C=O) groups excluding carboxylic acids is 2. The summed E-state index contributed by atoms with van der Waals surface area (Å²) < 4.78 is 20.6. The summed E-state index contributed by atoms with van der Waals surface area (Å²) in [6, 6.07) is 16.3. The fraction of sp³-hybridized carbons (Fsp3) is 0.250. The third-order valence-electron chi connectivity index (χ3n) is 4.77. The van der Waals surface area contributed by atoms with Crippen LogP contribution in [0.2, 0.25) is 0 Å². The molecule has 8 heteroatoms. The predicted octanol–water partition coefficient (Wildman–Crippen LogP) is 4.28. The molecule has 0 spiro atoms. The molecule has 0 aliphatic rings. The number of methoxy groups -OCH3 is 3. The van der Waals surface area contributed by atoms with Gasteiger partial charge in [-0.05, 0) is 61.0 Å². The van der Waals surface area contributed by atoms with Gasteiger partial charge in [0.1, 0.15) is 17.3 Å². The molecule has 0 aliphatic heterocycles. The van der Waals surface area contributed by atoms with E-state index in [1.165, 1.54) is 25.8 Å². The smallest absolute Gasteiger partial charge is 0.337 e. The van der Waals surface area contributed by atoms with E-state index in [1.54, 1.807) is 25.3 Å². The average Bonchev–Trinajstić information content (AvgIpc) is 3.30. The molecule has 7 nitrogen and oxygen atoms in total. The Hall–Kier alpha value is -3.29. The Morgan fingerprint density at radius 1 is 0.875 bits per heavy atom. The molecule has 0 amide bonds. The van der Waals surface area contributed by atoms with Gasteiger partial charge in [-0.2, -0.15) is 0 Å². The van der Waals surface area contributed by atoms with Gasteiger partial charge in [-0.15, -0.1) is 12.4 Å². The standard InChI is InChI=1S/C24H25NO6.ClH/c1-28-20-6-4-16(5-7-20)10-11-25-15-21-8-9-22(31-21)17-12-18(23(26)29-2)14-19(13-17)24(27)30-3;/h4-9,12-14,25H,10-11,15H2,1-3H3;1H. The molecular weight excluding hydrogens is 434 g/mol. The average molecular weight is 460 g/mol. The maximum Gasteiger partial charge on any atom is 0.337 e. The summed E-state index contributed by atoms with van der Waals surface area (Å²) in [7, 11) is 4.22. The maximum atomic E-state index is 12.0. The van der Waals surface area contributed by atoms with E-state index < -0.39 is 11.9 Å². The number of nitrogens with one attached hydrogen (secondary N) is 1. The summed E-state index contributed by atoms with van der Waals surface area (Å²) in [5.41, 5.74) is 2.29. The minimum absolute atomic E-state index is 0. The van der Waals surface area contributed by atoms with Gasteiger partial charge >= 0.3 is 11.9 Å². The quantitative estimate of drug-likeness (QED) is 0.377. The molecule has 0 fully saturated rings. The first-order chi connectivity index (χ1) is 15.0. The Balaban J connectivity index is 0.00000363. The molecule has 2 aromatic carbocycles. The van der Waals surface area contributed by atoms with Crippen LogP contribution in [0, 0.1) is 0 Å². The zero-order chi connectivity index (χ0) is 22.2. The third-order valence-corrected chi connectivity index (χ3v) is 4.77. The van der Waals surface area contributed by atoms with Crippen molar-refractivity contribution in [2.75, 3.05) is 27.9 Å². The fourth-order valence-electron chi connectivity index (χ4n) is 3.11. The lowest BCUT2D eigenvalue weighted by atomic mass is 10.0. The number of benzene rings is 2. The minimum atomic E-state index is -0.543. The highest BCUT2D eigenvalue weighted by molar-refractivity contribution is 5.97. The highest BCUT2D eigenvalue weighted by atomic mass is 35.5. The van der Waals surface area contributed by atoms with Crippen molar-refractivity contribution in [3.63, 3.8) is 0 Å². The van der Waals surface area contributed by atoms with Gasteiger partial charge in [-0.3, -0.25) is 0 Å². The van der Waals surface area contributed by atoms with Crippen molar-refractivity contribution in [3.8, 4) is 17.1 Å². The fourth-order valence-corrected chi connectivity index (χ4v) is 3.11. The molecule has 1 aromatic heterocycles. The second-order valence-electron chi connectivity index (χ2n) is 6.82. The molecule has 0 bridgehead atoms. The number of halogens is 1. The Morgan fingerprint density at radius 3 is 2.06 bits per heavy atom. The van der Waals surface area contributed by atoms with Gasteiger partial charge in [0.15, 0.2) is 0 Å². The second kappa shape index (κ2) is 11.9. The summed E-state index contributed by atoms with van der Waals surface area (Å²) >= 11 is 0. The first-order valence-corrected chi connectivity index (χ1v) is 9.78. The van der Waals surface area contributed by atoms with Gasteiger partial charge in [0, 0.05) is 5.56 Å². The van der Waals surface area contributed by atoms with Crippen LogP contribution >= 0.6 is 12.4 Å². The second-order valence-corrected chi connectivity index (χ2v) is 6.82. The number of carbonyl (C=O) groups is 2. The minimum Gasteiger partial charge on any atom is -0.497 e. The van der Waals surface area contributed by atoms with Crippen molar-refractivity contribution < 1.29 is 28.2 Å². The summed E-state index contributed by atoms with van der Waals surface area (Å²) in [4.78, 5) is 23.9. The van der Waals surface area contributed by atoms with E-state index >= 15 is 0 Å². The molecule has 0 unspecified atom stereocenters. The third kappa shape index (κ3) is 6.35. The lowest BCUT2D eigenvalue weighted by molar-refractivity contribution is 0.0599. The lowest BCUT2D eigenvalue weighted by Crippen LogP contribution is -2.16. The van der Waals surface area contributed by atoms with Crippen molar-refractivity contribution in [3.05, 3.63) is 77.0 Å². The molecular formula is C24H26ClNO6. The van der Waals surface area contributed by atoms with Gasteiger partial charge in [0.2, 0.25) is 0 Å².